The lowest BCUT2D eigenvalue weighted by molar-refractivity contribution is -0.117. The van der Waals surface area contributed by atoms with Gasteiger partial charge in [0.1, 0.15) is 17.6 Å². The number of carbonyl (C=O) groups excluding carboxylic acids is 1. The number of rotatable bonds is 6. The number of hydrogen-bond acceptors (Lipinski definition) is 5. The third-order valence-corrected chi connectivity index (χ3v) is 6.75. The molecule has 1 N–H and O–H groups in total. The summed E-state index contributed by atoms with van der Waals surface area (Å²) < 4.78 is 7.44. The van der Waals surface area contributed by atoms with E-state index < -0.39 is 0 Å². The highest BCUT2D eigenvalue weighted by atomic mass is 16.3. The Morgan fingerprint density at radius 2 is 1.82 bits per heavy atom. The highest BCUT2D eigenvalue weighted by Gasteiger charge is 2.23. The molecule has 3 aromatic rings. The maximum absolute atomic E-state index is 13.0. The number of piperazine rings is 1. The lowest BCUT2D eigenvalue weighted by Crippen LogP contribution is -2.49. The number of amides is 1. The summed E-state index contributed by atoms with van der Waals surface area (Å²) in [6.45, 7) is 12.3. The van der Waals surface area contributed by atoms with E-state index in [0.29, 0.717) is 24.5 Å². The van der Waals surface area contributed by atoms with Crippen LogP contribution in [-0.4, -0.2) is 48.1 Å². The molecule has 3 heterocycles. The Morgan fingerprint density at radius 3 is 2.48 bits per heavy atom. The summed E-state index contributed by atoms with van der Waals surface area (Å²) in [5.41, 5.74) is 6.22. The van der Waals surface area contributed by atoms with E-state index in [9.17, 15) is 10.1 Å². The van der Waals surface area contributed by atoms with Gasteiger partial charge in [0.2, 0.25) is 5.91 Å². The fourth-order valence-corrected chi connectivity index (χ4v) is 4.49. The van der Waals surface area contributed by atoms with E-state index in [1.807, 2.05) is 30.5 Å². The van der Waals surface area contributed by atoms with Crippen molar-refractivity contribution in [2.45, 2.75) is 34.2 Å². The molecule has 1 aromatic carbocycles. The average molecular weight is 446 g/mol. The Balaban J connectivity index is 1.42. The molecule has 0 aliphatic carbocycles. The van der Waals surface area contributed by atoms with Gasteiger partial charge in [0, 0.05) is 37.6 Å². The highest BCUT2D eigenvalue weighted by Crippen LogP contribution is 2.28. The molecule has 4 rings (SSSR count). The Labute approximate surface area is 195 Å². The standard InChI is InChI=1S/C26H31N5O2/c1-18-7-5-9-24(19(18)2)30-12-10-29(11-13-30)17-25(32)28-26-23(15-27)20(3)21(4)31(26)16-22-8-6-14-33-22/h5-9,14H,10-13,16-17H2,1-4H3,(H,28,32). The van der Waals surface area contributed by atoms with Gasteiger partial charge >= 0.3 is 0 Å². The van der Waals surface area contributed by atoms with Gasteiger partial charge in [0.15, 0.2) is 0 Å². The van der Waals surface area contributed by atoms with Gasteiger partial charge in [-0.15, -0.1) is 0 Å². The number of nitrogens with one attached hydrogen (secondary N) is 1. The minimum absolute atomic E-state index is 0.107. The van der Waals surface area contributed by atoms with E-state index in [0.717, 1.165) is 43.2 Å². The molecule has 0 unspecified atom stereocenters. The molecule has 0 saturated carbocycles. The average Bonchev–Trinajstić information content (AvgIpc) is 3.39. The van der Waals surface area contributed by atoms with Gasteiger partial charge in [0.25, 0.3) is 0 Å². The van der Waals surface area contributed by atoms with Crippen molar-refractivity contribution >= 4 is 17.4 Å². The Kier molecular flexibility index (Phi) is 6.57. The Hall–Kier alpha value is -3.50. The Bertz CT molecular complexity index is 1180. The first-order valence-corrected chi connectivity index (χ1v) is 11.3. The number of benzene rings is 1. The van der Waals surface area contributed by atoms with Crippen LogP contribution in [0.4, 0.5) is 11.5 Å². The van der Waals surface area contributed by atoms with Crippen molar-refractivity contribution < 1.29 is 9.21 Å². The molecular weight excluding hydrogens is 414 g/mol. The largest absolute Gasteiger partial charge is 0.467 e. The second-order valence-corrected chi connectivity index (χ2v) is 8.74. The molecule has 33 heavy (non-hydrogen) atoms. The molecule has 2 aromatic heterocycles. The van der Waals surface area contributed by atoms with Crippen molar-refractivity contribution in [1.29, 1.82) is 5.26 Å². The number of furan rings is 1. The monoisotopic (exact) mass is 445 g/mol. The van der Waals surface area contributed by atoms with E-state index >= 15 is 0 Å². The minimum Gasteiger partial charge on any atom is -0.467 e. The van der Waals surface area contributed by atoms with Gasteiger partial charge in [-0.1, -0.05) is 12.1 Å². The summed E-state index contributed by atoms with van der Waals surface area (Å²) >= 11 is 0. The number of carbonyl (C=O) groups is 1. The van der Waals surface area contributed by atoms with Crippen molar-refractivity contribution in [2.75, 3.05) is 42.9 Å². The predicted octanol–water partition coefficient (Wildman–Crippen LogP) is 4.00. The van der Waals surface area contributed by atoms with Gasteiger partial charge in [-0.2, -0.15) is 5.26 Å². The zero-order chi connectivity index (χ0) is 23.5. The number of aryl methyl sites for hydroxylation is 1. The molecule has 1 amide bonds. The molecule has 1 aliphatic rings. The van der Waals surface area contributed by atoms with Crippen LogP contribution in [0.3, 0.4) is 0 Å². The normalized spacial score (nSPS) is 14.3. The van der Waals surface area contributed by atoms with Gasteiger partial charge in [0.05, 0.1) is 24.9 Å². The van der Waals surface area contributed by atoms with Gasteiger partial charge in [-0.05, 0) is 62.6 Å². The number of aromatic nitrogens is 1. The quantitative estimate of drug-likeness (QED) is 0.621. The topological polar surface area (TPSA) is 77.4 Å². The van der Waals surface area contributed by atoms with Crippen molar-refractivity contribution in [1.82, 2.24) is 9.47 Å². The Morgan fingerprint density at radius 1 is 1.06 bits per heavy atom. The molecule has 1 saturated heterocycles. The van der Waals surface area contributed by atoms with E-state index in [1.165, 1.54) is 16.8 Å². The lowest BCUT2D eigenvalue weighted by Gasteiger charge is -2.36. The fraction of sp³-hybridized carbons (Fsp3) is 0.385. The van der Waals surface area contributed by atoms with Gasteiger partial charge in [-0.25, -0.2) is 0 Å². The molecule has 0 bridgehead atoms. The molecule has 1 aliphatic heterocycles. The number of hydrogen-bond donors (Lipinski definition) is 1. The minimum atomic E-state index is -0.107. The predicted molar refractivity (Wildman–Crippen MR) is 130 cm³/mol. The van der Waals surface area contributed by atoms with Crippen LogP contribution in [-0.2, 0) is 11.3 Å². The third kappa shape index (κ3) is 4.67. The summed E-state index contributed by atoms with van der Waals surface area (Å²) in [7, 11) is 0. The smallest absolute Gasteiger partial charge is 0.239 e. The van der Waals surface area contributed by atoms with Crippen LogP contribution in [0.25, 0.3) is 0 Å². The van der Waals surface area contributed by atoms with Crippen LogP contribution >= 0.6 is 0 Å². The number of nitrogens with zero attached hydrogens (tertiary/aromatic N) is 4. The van der Waals surface area contributed by atoms with E-state index in [-0.39, 0.29) is 5.91 Å². The first-order valence-electron chi connectivity index (χ1n) is 11.3. The summed E-state index contributed by atoms with van der Waals surface area (Å²) in [6.07, 6.45) is 1.63. The third-order valence-electron chi connectivity index (χ3n) is 6.75. The van der Waals surface area contributed by atoms with Crippen molar-refractivity contribution in [3.8, 4) is 6.07 Å². The van der Waals surface area contributed by atoms with Crippen LogP contribution < -0.4 is 10.2 Å². The van der Waals surface area contributed by atoms with Crippen molar-refractivity contribution in [3.63, 3.8) is 0 Å². The molecule has 1 fully saturated rings. The SMILES string of the molecule is Cc1cccc(N2CCN(CC(=O)Nc3c(C#N)c(C)c(C)n3Cc3ccco3)CC2)c1C. The van der Waals surface area contributed by atoms with E-state index in [4.69, 9.17) is 4.42 Å². The molecular formula is C26H31N5O2. The van der Waals surface area contributed by atoms with Crippen LogP contribution in [0.2, 0.25) is 0 Å². The molecule has 7 nitrogen and oxygen atoms in total. The van der Waals surface area contributed by atoms with Gasteiger partial charge in [-0.3, -0.25) is 9.69 Å². The van der Waals surface area contributed by atoms with Gasteiger partial charge < -0.3 is 19.2 Å². The first-order chi connectivity index (χ1) is 15.9. The number of anilines is 2. The van der Waals surface area contributed by atoms with Crippen LogP contribution in [0.1, 0.15) is 33.7 Å². The lowest BCUT2D eigenvalue weighted by atomic mass is 10.1. The van der Waals surface area contributed by atoms with Crippen molar-refractivity contribution in [2.24, 2.45) is 0 Å². The maximum Gasteiger partial charge on any atom is 0.239 e. The summed E-state index contributed by atoms with van der Waals surface area (Å²) in [4.78, 5) is 17.5. The first kappa shape index (κ1) is 22.7. The van der Waals surface area contributed by atoms with Crippen LogP contribution in [0, 0.1) is 39.0 Å². The van der Waals surface area contributed by atoms with E-state index in [2.05, 4.69) is 53.2 Å². The maximum atomic E-state index is 13.0. The second kappa shape index (κ2) is 9.55. The molecule has 0 radical (unpaired) electrons. The summed E-state index contributed by atoms with van der Waals surface area (Å²) in [5, 5.41) is 12.7. The fourth-order valence-electron chi connectivity index (χ4n) is 4.49. The zero-order valence-electron chi connectivity index (χ0n) is 19.8. The highest BCUT2D eigenvalue weighted by molar-refractivity contribution is 5.93. The van der Waals surface area contributed by atoms with E-state index in [1.54, 1.807) is 6.26 Å². The van der Waals surface area contributed by atoms with Crippen LogP contribution in [0.15, 0.2) is 41.0 Å². The summed E-state index contributed by atoms with van der Waals surface area (Å²) in [6, 6.07) is 12.4. The second-order valence-electron chi connectivity index (χ2n) is 8.74. The molecule has 172 valence electrons. The molecule has 0 spiro atoms. The number of nitriles is 1. The van der Waals surface area contributed by atoms with Crippen molar-refractivity contribution in [3.05, 3.63) is 70.3 Å². The zero-order valence-corrected chi connectivity index (χ0v) is 19.8. The molecule has 7 heteroatoms. The molecule has 0 atom stereocenters. The van der Waals surface area contributed by atoms with Crippen LogP contribution in [0.5, 0.6) is 0 Å². The summed E-state index contributed by atoms with van der Waals surface area (Å²) in [5.74, 6) is 1.21.